The van der Waals surface area contributed by atoms with Crippen molar-refractivity contribution in [3.8, 4) is 0 Å². The number of likely N-dealkylation sites (N-methyl/N-ethyl adjacent to an activating group) is 1. The second-order valence-corrected chi connectivity index (χ2v) is 9.04. The highest BCUT2D eigenvalue weighted by Gasteiger charge is 2.24. The number of carbonyl (C=O) groups excluding carboxylic acids is 2. The maximum Gasteiger partial charge on any atom is 0.251 e. The molecular formula is C31H41N3O4. The number of nitrogens with one attached hydrogen (secondary N) is 1. The summed E-state index contributed by atoms with van der Waals surface area (Å²) in [5.74, 6) is -0.124. The third-order valence-electron chi connectivity index (χ3n) is 6.76. The molecule has 2 rings (SSSR count). The zero-order chi connectivity index (χ0) is 28.4. The maximum absolute atomic E-state index is 13.6. The second-order valence-electron chi connectivity index (χ2n) is 9.04. The number of rotatable bonds is 14. The van der Waals surface area contributed by atoms with Crippen LogP contribution >= 0.6 is 0 Å². The summed E-state index contributed by atoms with van der Waals surface area (Å²) >= 11 is 0. The molecule has 2 aromatic heterocycles. The van der Waals surface area contributed by atoms with Crippen molar-refractivity contribution in [2.75, 3.05) is 41.0 Å². The van der Waals surface area contributed by atoms with Crippen LogP contribution in [-0.2, 0) is 14.3 Å². The van der Waals surface area contributed by atoms with Gasteiger partial charge in [0, 0.05) is 42.7 Å². The summed E-state index contributed by atoms with van der Waals surface area (Å²) in [6.07, 6.45) is 11.2. The molecule has 0 fully saturated rings. The molecule has 7 heteroatoms. The third-order valence-corrected chi connectivity index (χ3v) is 6.76. The van der Waals surface area contributed by atoms with Crippen LogP contribution in [0.25, 0.3) is 11.1 Å². The van der Waals surface area contributed by atoms with Gasteiger partial charge in [0.25, 0.3) is 5.91 Å². The van der Waals surface area contributed by atoms with Gasteiger partial charge in [0.15, 0.2) is 5.78 Å². The van der Waals surface area contributed by atoms with Crippen LogP contribution in [0.4, 0.5) is 0 Å². The molecule has 7 nitrogen and oxygen atoms in total. The Kier molecular flexibility index (Phi) is 11.5. The highest BCUT2D eigenvalue weighted by atomic mass is 16.5. The van der Waals surface area contributed by atoms with E-state index in [0.717, 1.165) is 34.5 Å². The van der Waals surface area contributed by atoms with Crippen LogP contribution < -0.4 is 5.32 Å². The van der Waals surface area contributed by atoms with Crippen molar-refractivity contribution in [1.29, 1.82) is 0 Å². The van der Waals surface area contributed by atoms with Crippen molar-refractivity contribution in [3.63, 3.8) is 0 Å². The minimum absolute atomic E-state index is 0.0131. The summed E-state index contributed by atoms with van der Waals surface area (Å²) in [5.41, 5.74) is 5.56. The molecule has 0 saturated carbocycles. The van der Waals surface area contributed by atoms with Crippen LogP contribution in [0.5, 0.6) is 0 Å². The Morgan fingerprint density at radius 2 is 1.92 bits per heavy atom. The second kappa shape index (κ2) is 14.3. The van der Waals surface area contributed by atoms with Crippen LogP contribution in [0.15, 0.2) is 73.2 Å². The average molecular weight is 520 g/mol. The number of amides is 1. The molecule has 1 N–H and O–H groups in total. The van der Waals surface area contributed by atoms with Crippen LogP contribution in [0.2, 0.25) is 0 Å². The van der Waals surface area contributed by atoms with Crippen LogP contribution in [-0.4, -0.2) is 62.0 Å². The van der Waals surface area contributed by atoms with E-state index in [-0.39, 0.29) is 24.3 Å². The molecule has 1 unspecified atom stereocenters. The number of nitrogens with zero attached hydrogens (tertiary/aromatic N) is 2. The number of methoxy groups -OCH3 is 2. The Morgan fingerprint density at radius 3 is 2.47 bits per heavy atom. The zero-order valence-electron chi connectivity index (χ0n) is 23.8. The van der Waals surface area contributed by atoms with Crippen molar-refractivity contribution < 1.29 is 19.1 Å². The average Bonchev–Trinajstić information content (AvgIpc) is 3.32. The van der Waals surface area contributed by atoms with Crippen LogP contribution in [0.3, 0.4) is 0 Å². The lowest BCUT2D eigenvalue weighted by atomic mass is 9.99. The standard InChI is InChI=1S/C31H41N3O4/c1-10-13-14-24(11-2)25-15-16-34-28(25)19-26(21(4)30(34)22(5)33(7)17-18-37-8)31(36)32-20-27(23(6)35)29(12-3)38-9/h10-16,19,22H,2-3,17-18,20H2,1,4-9H3,(H,32,36)/b13-10-,24-14+,29-27+. The Bertz CT molecular complexity index is 1280. The van der Waals surface area contributed by atoms with E-state index in [0.29, 0.717) is 23.5 Å². The van der Waals surface area contributed by atoms with Crippen LogP contribution in [0.1, 0.15) is 54.0 Å². The van der Waals surface area contributed by atoms with Gasteiger partial charge in [0.2, 0.25) is 0 Å². The SMILES string of the molecule is C=C/C(=C\C=C/C)c1ccn2c(C(C)N(C)CCOC)c(C)c(C(=O)NC/C(C(C)=O)=C(/C=C)OC)cc12. The van der Waals surface area contributed by atoms with Crippen molar-refractivity contribution in [3.05, 3.63) is 95.6 Å². The summed E-state index contributed by atoms with van der Waals surface area (Å²) in [5, 5.41) is 2.92. The Balaban J connectivity index is 2.71. The van der Waals surface area contributed by atoms with E-state index in [1.165, 1.54) is 20.1 Å². The van der Waals surface area contributed by atoms with Gasteiger partial charge in [0.05, 0.1) is 31.4 Å². The fourth-order valence-electron chi connectivity index (χ4n) is 4.44. The number of allylic oxidation sites excluding steroid dienone is 6. The van der Waals surface area contributed by atoms with E-state index in [9.17, 15) is 9.59 Å². The first-order chi connectivity index (χ1) is 18.2. The fourth-order valence-corrected chi connectivity index (χ4v) is 4.44. The summed E-state index contributed by atoms with van der Waals surface area (Å²) < 4.78 is 12.7. The number of aromatic nitrogens is 1. The van der Waals surface area contributed by atoms with Gasteiger partial charge in [-0.3, -0.25) is 14.5 Å². The van der Waals surface area contributed by atoms with E-state index >= 15 is 0 Å². The summed E-state index contributed by atoms with van der Waals surface area (Å²) in [4.78, 5) is 28.0. The number of fused-ring (bicyclic) bond motifs is 1. The normalized spacial score (nSPS) is 13.5. The molecule has 2 heterocycles. The predicted octanol–water partition coefficient (Wildman–Crippen LogP) is 5.44. The van der Waals surface area contributed by atoms with E-state index in [4.69, 9.17) is 9.47 Å². The number of pyridine rings is 1. The first kappa shape index (κ1) is 30.5. The molecule has 0 aliphatic heterocycles. The van der Waals surface area contributed by atoms with E-state index in [1.807, 2.05) is 63.5 Å². The van der Waals surface area contributed by atoms with Gasteiger partial charge in [-0.2, -0.15) is 0 Å². The number of carbonyl (C=O) groups is 2. The molecule has 0 aliphatic carbocycles. The molecule has 0 bridgehead atoms. The highest BCUT2D eigenvalue weighted by molar-refractivity contribution is 6.00. The molecule has 0 saturated heterocycles. The maximum atomic E-state index is 13.6. The largest absolute Gasteiger partial charge is 0.496 e. The first-order valence-electron chi connectivity index (χ1n) is 12.6. The topological polar surface area (TPSA) is 72.3 Å². The number of hydrogen-bond acceptors (Lipinski definition) is 5. The van der Waals surface area contributed by atoms with Crippen molar-refractivity contribution in [2.24, 2.45) is 0 Å². The van der Waals surface area contributed by atoms with E-state index in [2.05, 4.69) is 34.7 Å². The van der Waals surface area contributed by atoms with E-state index < -0.39 is 0 Å². The Morgan fingerprint density at radius 1 is 1.21 bits per heavy atom. The number of hydrogen-bond donors (Lipinski definition) is 1. The molecule has 0 radical (unpaired) electrons. The van der Waals surface area contributed by atoms with Crippen molar-refractivity contribution in [1.82, 2.24) is 14.6 Å². The molecular weight excluding hydrogens is 478 g/mol. The quantitative estimate of drug-likeness (QED) is 0.205. The minimum atomic E-state index is -0.277. The lowest BCUT2D eigenvalue weighted by molar-refractivity contribution is -0.113. The third kappa shape index (κ3) is 6.79. The van der Waals surface area contributed by atoms with Gasteiger partial charge in [-0.25, -0.2) is 0 Å². The van der Waals surface area contributed by atoms with Crippen molar-refractivity contribution >= 4 is 22.8 Å². The van der Waals surface area contributed by atoms with Gasteiger partial charge < -0.3 is 19.2 Å². The summed E-state index contributed by atoms with van der Waals surface area (Å²) in [6.45, 7) is 16.5. The predicted molar refractivity (Wildman–Crippen MR) is 155 cm³/mol. The summed E-state index contributed by atoms with van der Waals surface area (Å²) in [7, 11) is 5.20. The lowest BCUT2D eigenvalue weighted by Gasteiger charge is -2.28. The van der Waals surface area contributed by atoms with Gasteiger partial charge in [-0.15, -0.1) is 0 Å². The monoisotopic (exact) mass is 519 g/mol. The molecule has 1 amide bonds. The molecule has 0 aliphatic rings. The Labute approximate surface area is 226 Å². The molecule has 0 spiro atoms. The fraction of sp³-hybridized carbons (Fsp3) is 0.355. The first-order valence-corrected chi connectivity index (χ1v) is 12.6. The van der Waals surface area contributed by atoms with Gasteiger partial charge in [0.1, 0.15) is 5.76 Å². The molecule has 204 valence electrons. The number of ether oxygens (including phenoxy) is 2. The molecule has 1 atom stereocenters. The molecule has 2 aromatic rings. The van der Waals surface area contributed by atoms with Gasteiger partial charge in [-0.1, -0.05) is 37.5 Å². The minimum Gasteiger partial charge on any atom is -0.496 e. The zero-order valence-corrected chi connectivity index (χ0v) is 23.8. The Hall–Kier alpha value is -3.68. The van der Waals surface area contributed by atoms with Gasteiger partial charge >= 0.3 is 0 Å². The summed E-state index contributed by atoms with van der Waals surface area (Å²) in [6, 6.07) is 3.94. The van der Waals surface area contributed by atoms with Crippen LogP contribution in [0, 0.1) is 6.92 Å². The highest BCUT2D eigenvalue weighted by Crippen LogP contribution is 2.32. The van der Waals surface area contributed by atoms with E-state index in [1.54, 1.807) is 7.11 Å². The van der Waals surface area contributed by atoms with Crippen molar-refractivity contribution in [2.45, 2.75) is 33.7 Å². The lowest BCUT2D eigenvalue weighted by Crippen LogP contribution is -2.31. The molecule has 0 aromatic carbocycles. The number of ketones is 1. The number of Topliss-reactive ketones (excluding diaryl/α,β-unsaturated/α-hetero) is 1. The smallest absolute Gasteiger partial charge is 0.251 e. The molecule has 38 heavy (non-hydrogen) atoms. The van der Waals surface area contributed by atoms with Gasteiger partial charge in [-0.05, 0) is 64.1 Å².